The average Bonchev–Trinajstić information content (AvgIpc) is 2.40. The number of rotatable bonds is 3. The zero-order valence-corrected chi connectivity index (χ0v) is 13.1. The van der Waals surface area contributed by atoms with Gasteiger partial charge in [0.05, 0.1) is 5.75 Å². The maximum Gasteiger partial charge on any atom is 0.254 e. The molecule has 1 aromatic rings. The molecule has 0 bridgehead atoms. The summed E-state index contributed by atoms with van der Waals surface area (Å²) in [5, 5.41) is 8.33. The number of piperazine rings is 1. The van der Waals surface area contributed by atoms with Crippen molar-refractivity contribution in [3.63, 3.8) is 0 Å². The molecular formula is C14H21N3O3S. The minimum absolute atomic E-state index is 0.0296. The Morgan fingerprint density at radius 3 is 2.52 bits per heavy atom. The number of carbonyl (C=O) groups excluding carboxylic acids is 1. The molecule has 2 atom stereocenters. The minimum atomic E-state index is -3.55. The third-order valence-electron chi connectivity index (χ3n) is 3.86. The molecule has 0 aliphatic carbocycles. The van der Waals surface area contributed by atoms with Crippen molar-refractivity contribution in [1.29, 1.82) is 0 Å². The van der Waals surface area contributed by atoms with Crippen LogP contribution in [0.3, 0.4) is 0 Å². The summed E-state index contributed by atoms with van der Waals surface area (Å²) in [7, 11) is -3.55. The van der Waals surface area contributed by atoms with Crippen molar-refractivity contribution in [3.05, 3.63) is 35.4 Å². The van der Waals surface area contributed by atoms with Crippen LogP contribution in [0.4, 0.5) is 0 Å². The number of amides is 1. The lowest BCUT2D eigenvalue weighted by atomic mass is 10.0. The Kier molecular flexibility index (Phi) is 4.65. The number of nitrogens with one attached hydrogen (secondary N) is 1. The number of sulfonamides is 1. The number of carbonyl (C=O) groups is 1. The number of benzene rings is 1. The lowest BCUT2D eigenvalue weighted by Crippen LogP contribution is -2.57. The van der Waals surface area contributed by atoms with Gasteiger partial charge in [-0.3, -0.25) is 4.79 Å². The average molecular weight is 311 g/mol. The number of primary sulfonamides is 1. The summed E-state index contributed by atoms with van der Waals surface area (Å²) in [6, 6.07) is 6.95. The number of nitrogens with zero attached hydrogens (tertiary/aromatic N) is 1. The molecule has 116 valence electrons. The van der Waals surface area contributed by atoms with E-state index in [2.05, 4.69) is 12.2 Å². The lowest BCUT2D eigenvalue weighted by Gasteiger charge is -2.38. The van der Waals surface area contributed by atoms with Gasteiger partial charge in [0.2, 0.25) is 10.0 Å². The molecule has 6 nitrogen and oxygen atoms in total. The van der Waals surface area contributed by atoms with Crippen LogP contribution in [0, 0.1) is 0 Å². The first kappa shape index (κ1) is 15.9. The molecule has 1 fully saturated rings. The predicted molar refractivity (Wildman–Crippen MR) is 81.2 cm³/mol. The van der Waals surface area contributed by atoms with Crippen molar-refractivity contribution in [2.75, 3.05) is 13.1 Å². The number of hydrogen-bond donors (Lipinski definition) is 2. The molecule has 21 heavy (non-hydrogen) atoms. The van der Waals surface area contributed by atoms with Crippen LogP contribution in [0.1, 0.15) is 29.8 Å². The fourth-order valence-corrected chi connectivity index (χ4v) is 3.14. The van der Waals surface area contributed by atoms with Crippen molar-refractivity contribution >= 4 is 15.9 Å². The van der Waals surface area contributed by atoms with E-state index >= 15 is 0 Å². The van der Waals surface area contributed by atoms with Crippen LogP contribution in [0.5, 0.6) is 0 Å². The number of nitrogens with two attached hydrogens (primary N) is 1. The van der Waals surface area contributed by atoms with Crippen LogP contribution in [0.25, 0.3) is 0 Å². The Labute approximate surface area is 125 Å². The van der Waals surface area contributed by atoms with E-state index in [1.165, 1.54) is 0 Å². The maximum absolute atomic E-state index is 12.5. The second-order valence-corrected chi connectivity index (χ2v) is 7.10. The Bertz CT molecular complexity index is 613. The zero-order chi connectivity index (χ0) is 15.6. The fraction of sp³-hybridized carbons (Fsp3) is 0.500. The van der Waals surface area contributed by atoms with E-state index in [1.54, 1.807) is 24.3 Å². The molecule has 3 N–H and O–H groups in total. The summed E-state index contributed by atoms with van der Waals surface area (Å²) >= 11 is 0. The summed E-state index contributed by atoms with van der Waals surface area (Å²) in [6.45, 7) is 5.52. The first-order valence-corrected chi connectivity index (χ1v) is 8.63. The van der Waals surface area contributed by atoms with Crippen LogP contribution < -0.4 is 10.5 Å². The van der Waals surface area contributed by atoms with Gasteiger partial charge in [-0.15, -0.1) is 0 Å². The van der Waals surface area contributed by atoms with Crippen LogP contribution in [-0.4, -0.2) is 44.4 Å². The van der Waals surface area contributed by atoms with Gasteiger partial charge in [0.15, 0.2) is 0 Å². The summed E-state index contributed by atoms with van der Waals surface area (Å²) in [4.78, 5) is 14.4. The van der Waals surface area contributed by atoms with Gasteiger partial charge in [-0.2, -0.15) is 0 Å². The monoisotopic (exact) mass is 311 g/mol. The highest BCUT2D eigenvalue weighted by Gasteiger charge is 2.28. The summed E-state index contributed by atoms with van der Waals surface area (Å²) in [6.07, 6.45) is 0. The van der Waals surface area contributed by atoms with Crippen LogP contribution >= 0.6 is 0 Å². The Balaban J connectivity index is 2.13. The number of hydrogen-bond acceptors (Lipinski definition) is 4. The topological polar surface area (TPSA) is 92.5 Å². The first-order valence-electron chi connectivity index (χ1n) is 6.92. The van der Waals surface area contributed by atoms with E-state index in [-0.39, 0.29) is 23.7 Å². The van der Waals surface area contributed by atoms with E-state index in [0.29, 0.717) is 17.7 Å². The van der Waals surface area contributed by atoms with E-state index in [1.807, 2.05) is 11.8 Å². The molecule has 0 saturated carbocycles. The molecular weight excluding hydrogens is 290 g/mol. The van der Waals surface area contributed by atoms with Crippen molar-refractivity contribution in [1.82, 2.24) is 10.2 Å². The van der Waals surface area contributed by atoms with E-state index in [0.717, 1.165) is 6.54 Å². The molecule has 1 heterocycles. The SMILES string of the molecule is CC1NCCN(C(=O)c2ccc(CS(N)(=O)=O)cc2)C1C. The highest BCUT2D eigenvalue weighted by molar-refractivity contribution is 7.88. The van der Waals surface area contributed by atoms with E-state index in [4.69, 9.17) is 5.14 Å². The van der Waals surface area contributed by atoms with Crippen LogP contribution in [-0.2, 0) is 15.8 Å². The van der Waals surface area contributed by atoms with Crippen molar-refractivity contribution in [2.45, 2.75) is 31.7 Å². The molecule has 7 heteroatoms. The maximum atomic E-state index is 12.5. The summed E-state index contributed by atoms with van der Waals surface area (Å²) in [5.41, 5.74) is 1.14. The smallest absolute Gasteiger partial charge is 0.254 e. The van der Waals surface area contributed by atoms with Crippen molar-refractivity contribution in [2.24, 2.45) is 5.14 Å². The highest BCUT2D eigenvalue weighted by Crippen LogP contribution is 2.15. The zero-order valence-electron chi connectivity index (χ0n) is 12.2. The minimum Gasteiger partial charge on any atom is -0.333 e. The second-order valence-electron chi connectivity index (χ2n) is 5.49. The third-order valence-corrected chi connectivity index (χ3v) is 4.60. The van der Waals surface area contributed by atoms with Gasteiger partial charge in [0, 0.05) is 30.7 Å². The molecule has 1 amide bonds. The molecule has 0 spiro atoms. The molecule has 2 unspecified atom stereocenters. The fourth-order valence-electron chi connectivity index (χ4n) is 2.48. The summed E-state index contributed by atoms with van der Waals surface area (Å²) < 4.78 is 22.1. The molecule has 1 aliphatic rings. The van der Waals surface area contributed by atoms with E-state index < -0.39 is 10.0 Å². The second kappa shape index (κ2) is 6.13. The van der Waals surface area contributed by atoms with Crippen LogP contribution in [0.15, 0.2) is 24.3 Å². The van der Waals surface area contributed by atoms with Gasteiger partial charge < -0.3 is 10.2 Å². The molecule has 1 aliphatic heterocycles. The largest absolute Gasteiger partial charge is 0.333 e. The van der Waals surface area contributed by atoms with Crippen molar-refractivity contribution in [3.8, 4) is 0 Å². The van der Waals surface area contributed by atoms with Gasteiger partial charge in [-0.05, 0) is 31.5 Å². The van der Waals surface area contributed by atoms with Crippen LogP contribution in [0.2, 0.25) is 0 Å². The Morgan fingerprint density at radius 2 is 1.95 bits per heavy atom. The Morgan fingerprint density at radius 1 is 1.33 bits per heavy atom. The van der Waals surface area contributed by atoms with Gasteiger partial charge in [0.1, 0.15) is 0 Å². The predicted octanol–water partition coefficient (Wildman–Crippen LogP) is 0.298. The molecule has 2 rings (SSSR count). The quantitative estimate of drug-likeness (QED) is 0.839. The van der Waals surface area contributed by atoms with Gasteiger partial charge in [0.25, 0.3) is 5.91 Å². The molecule has 1 saturated heterocycles. The summed E-state index contributed by atoms with van der Waals surface area (Å²) in [5.74, 6) is -0.249. The highest BCUT2D eigenvalue weighted by atomic mass is 32.2. The normalized spacial score (nSPS) is 23.1. The third kappa shape index (κ3) is 4.03. The van der Waals surface area contributed by atoms with Gasteiger partial charge in [-0.1, -0.05) is 12.1 Å². The lowest BCUT2D eigenvalue weighted by molar-refractivity contribution is 0.0603. The molecule has 1 aromatic carbocycles. The molecule has 0 radical (unpaired) electrons. The standard InChI is InChI=1S/C14H21N3O3S/c1-10-11(2)17(8-7-16-10)14(18)13-5-3-12(4-6-13)9-21(15,19)20/h3-6,10-11,16H,7-9H2,1-2H3,(H2,15,19,20). The first-order chi connectivity index (χ1) is 9.78. The van der Waals surface area contributed by atoms with Gasteiger partial charge in [-0.25, -0.2) is 13.6 Å². The Hall–Kier alpha value is -1.44. The van der Waals surface area contributed by atoms with E-state index in [9.17, 15) is 13.2 Å². The van der Waals surface area contributed by atoms with Gasteiger partial charge >= 0.3 is 0 Å². The molecule has 0 aromatic heterocycles. The van der Waals surface area contributed by atoms with Crippen molar-refractivity contribution < 1.29 is 13.2 Å².